The zero-order valence-electron chi connectivity index (χ0n) is 9.53. The molecule has 0 radical (unpaired) electrons. The fourth-order valence-electron chi connectivity index (χ4n) is 1.19. The van der Waals surface area contributed by atoms with E-state index in [4.69, 9.17) is 10.5 Å². The van der Waals surface area contributed by atoms with Crippen molar-refractivity contribution in [2.75, 3.05) is 19.0 Å². The monoisotopic (exact) mass is 243 g/mol. The predicted octanol–water partition coefficient (Wildman–Crippen LogP) is 1.01. The summed E-state index contributed by atoms with van der Waals surface area (Å²) < 4.78 is 4.80. The number of aromatic nitrogens is 1. The Hall–Kier alpha value is -0.980. The molecular weight excluding hydrogens is 226 g/mol. The van der Waals surface area contributed by atoms with Crippen LogP contribution in [-0.4, -0.2) is 30.6 Å². The third-order valence-electron chi connectivity index (χ3n) is 1.97. The van der Waals surface area contributed by atoms with Crippen LogP contribution in [0.1, 0.15) is 19.0 Å². The number of nitrogens with one attached hydrogen (secondary N) is 1. The summed E-state index contributed by atoms with van der Waals surface area (Å²) in [4.78, 5) is 15.8. The smallest absolute Gasteiger partial charge is 0.245 e. The molecule has 90 valence electrons. The normalized spacial score (nSPS) is 12.4. The van der Waals surface area contributed by atoms with Crippen LogP contribution in [0.2, 0.25) is 0 Å². The van der Waals surface area contributed by atoms with Gasteiger partial charge in [-0.3, -0.25) is 4.79 Å². The van der Waals surface area contributed by atoms with Gasteiger partial charge in [0.15, 0.2) is 5.13 Å². The van der Waals surface area contributed by atoms with E-state index in [2.05, 4.69) is 17.2 Å². The fourth-order valence-corrected chi connectivity index (χ4v) is 1.94. The quantitative estimate of drug-likeness (QED) is 0.781. The molecule has 0 aliphatic rings. The van der Waals surface area contributed by atoms with Crippen LogP contribution in [0, 0.1) is 0 Å². The average Bonchev–Trinajstić information content (AvgIpc) is 2.66. The molecule has 1 heterocycles. The summed E-state index contributed by atoms with van der Waals surface area (Å²) in [6.45, 7) is 2.30. The zero-order chi connectivity index (χ0) is 12.0. The number of ether oxygens (including phenoxy) is 1. The molecule has 6 heteroatoms. The summed E-state index contributed by atoms with van der Waals surface area (Å²) in [7, 11) is 1.51. The number of amides is 1. The van der Waals surface area contributed by atoms with Gasteiger partial charge in [0.25, 0.3) is 0 Å². The van der Waals surface area contributed by atoms with Gasteiger partial charge in [0.2, 0.25) is 5.91 Å². The van der Waals surface area contributed by atoms with E-state index in [-0.39, 0.29) is 12.5 Å². The lowest BCUT2D eigenvalue weighted by atomic mass is 10.3. The first kappa shape index (κ1) is 13.1. The SMILES string of the molecule is CCCc1csc(NC(=O)C(N)COC)n1. The van der Waals surface area contributed by atoms with E-state index in [1.165, 1.54) is 18.4 Å². The van der Waals surface area contributed by atoms with Crippen molar-refractivity contribution in [3.63, 3.8) is 0 Å². The van der Waals surface area contributed by atoms with Gasteiger partial charge < -0.3 is 15.8 Å². The standard InChI is InChI=1S/C10H17N3O2S/c1-3-4-7-6-16-10(12-7)13-9(14)8(11)5-15-2/h6,8H,3-5,11H2,1-2H3,(H,12,13,14). The number of carbonyl (C=O) groups is 1. The Morgan fingerprint density at radius 2 is 2.50 bits per heavy atom. The molecule has 0 spiro atoms. The molecule has 1 amide bonds. The van der Waals surface area contributed by atoms with Gasteiger partial charge in [-0.05, 0) is 6.42 Å². The lowest BCUT2D eigenvalue weighted by Gasteiger charge is -2.08. The van der Waals surface area contributed by atoms with E-state index in [1.54, 1.807) is 0 Å². The maximum Gasteiger partial charge on any atom is 0.245 e. The molecule has 1 unspecified atom stereocenters. The number of carbonyl (C=O) groups excluding carboxylic acids is 1. The van der Waals surface area contributed by atoms with E-state index in [0.717, 1.165) is 18.5 Å². The van der Waals surface area contributed by atoms with Crippen molar-refractivity contribution < 1.29 is 9.53 Å². The van der Waals surface area contributed by atoms with Gasteiger partial charge in [0, 0.05) is 12.5 Å². The molecule has 3 N–H and O–H groups in total. The number of rotatable bonds is 6. The average molecular weight is 243 g/mol. The third kappa shape index (κ3) is 3.88. The van der Waals surface area contributed by atoms with Gasteiger partial charge in [0.1, 0.15) is 6.04 Å². The highest BCUT2D eigenvalue weighted by atomic mass is 32.1. The molecule has 0 aliphatic carbocycles. The molecule has 5 nitrogen and oxygen atoms in total. The second kappa shape index (κ2) is 6.57. The van der Waals surface area contributed by atoms with Crippen LogP contribution in [0.25, 0.3) is 0 Å². The molecule has 0 bridgehead atoms. The largest absolute Gasteiger partial charge is 0.383 e. The Morgan fingerprint density at radius 3 is 3.12 bits per heavy atom. The van der Waals surface area contributed by atoms with Crippen LogP contribution in [0.15, 0.2) is 5.38 Å². The molecule has 1 aromatic heterocycles. The fraction of sp³-hybridized carbons (Fsp3) is 0.600. The Bertz CT molecular complexity index is 341. The molecule has 16 heavy (non-hydrogen) atoms. The van der Waals surface area contributed by atoms with Crippen LogP contribution in [0.3, 0.4) is 0 Å². The molecule has 0 saturated heterocycles. The topological polar surface area (TPSA) is 77.2 Å². The molecule has 0 fully saturated rings. The van der Waals surface area contributed by atoms with E-state index in [1.807, 2.05) is 5.38 Å². The lowest BCUT2D eigenvalue weighted by Crippen LogP contribution is -2.39. The Balaban J connectivity index is 2.49. The van der Waals surface area contributed by atoms with E-state index in [9.17, 15) is 4.79 Å². The first-order valence-electron chi connectivity index (χ1n) is 5.17. The highest BCUT2D eigenvalue weighted by Crippen LogP contribution is 2.16. The first-order chi connectivity index (χ1) is 7.67. The minimum absolute atomic E-state index is 0.207. The Labute approximate surface area is 99.0 Å². The van der Waals surface area contributed by atoms with E-state index >= 15 is 0 Å². The van der Waals surface area contributed by atoms with Gasteiger partial charge in [-0.1, -0.05) is 13.3 Å². The van der Waals surface area contributed by atoms with Crippen LogP contribution >= 0.6 is 11.3 Å². The highest BCUT2D eigenvalue weighted by molar-refractivity contribution is 7.13. The Kier molecular flexibility index (Phi) is 5.37. The molecule has 0 aromatic carbocycles. The van der Waals surface area contributed by atoms with Gasteiger partial charge in [-0.15, -0.1) is 11.3 Å². The van der Waals surface area contributed by atoms with Crippen LogP contribution in [0.5, 0.6) is 0 Å². The number of aryl methyl sites for hydroxylation is 1. The summed E-state index contributed by atoms with van der Waals surface area (Å²) >= 11 is 1.41. The van der Waals surface area contributed by atoms with Crippen molar-refractivity contribution in [1.82, 2.24) is 4.98 Å². The van der Waals surface area contributed by atoms with Gasteiger partial charge >= 0.3 is 0 Å². The van der Waals surface area contributed by atoms with Gasteiger partial charge in [-0.25, -0.2) is 4.98 Å². The molecule has 0 saturated carbocycles. The number of nitrogens with zero attached hydrogens (tertiary/aromatic N) is 1. The summed E-state index contributed by atoms with van der Waals surface area (Å²) in [5.41, 5.74) is 6.58. The van der Waals surface area contributed by atoms with E-state index < -0.39 is 6.04 Å². The zero-order valence-corrected chi connectivity index (χ0v) is 10.3. The van der Waals surface area contributed by atoms with Crippen LogP contribution in [0.4, 0.5) is 5.13 Å². The lowest BCUT2D eigenvalue weighted by molar-refractivity contribution is -0.118. The second-order valence-electron chi connectivity index (χ2n) is 3.45. The minimum Gasteiger partial charge on any atom is -0.383 e. The third-order valence-corrected chi connectivity index (χ3v) is 2.78. The molecule has 1 rings (SSSR count). The first-order valence-corrected chi connectivity index (χ1v) is 6.05. The summed E-state index contributed by atoms with van der Waals surface area (Å²) in [6, 6.07) is -0.650. The van der Waals surface area contributed by atoms with Crippen LogP contribution < -0.4 is 11.1 Å². The molecule has 1 atom stereocenters. The number of anilines is 1. The van der Waals surface area contributed by atoms with Crippen molar-refractivity contribution in [2.24, 2.45) is 5.73 Å². The second-order valence-corrected chi connectivity index (χ2v) is 4.30. The number of thiazole rings is 1. The number of nitrogens with two attached hydrogens (primary N) is 1. The number of hydrogen-bond acceptors (Lipinski definition) is 5. The maximum atomic E-state index is 11.5. The van der Waals surface area contributed by atoms with Gasteiger partial charge in [-0.2, -0.15) is 0 Å². The molecule has 0 aliphatic heterocycles. The number of methoxy groups -OCH3 is 1. The minimum atomic E-state index is -0.650. The summed E-state index contributed by atoms with van der Waals surface area (Å²) in [6.07, 6.45) is 1.97. The van der Waals surface area contributed by atoms with Crippen molar-refractivity contribution in [3.8, 4) is 0 Å². The van der Waals surface area contributed by atoms with Gasteiger partial charge in [0.05, 0.1) is 12.3 Å². The van der Waals surface area contributed by atoms with Crippen LogP contribution in [-0.2, 0) is 16.0 Å². The van der Waals surface area contributed by atoms with Crippen molar-refractivity contribution in [3.05, 3.63) is 11.1 Å². The predicted molar refractivity (Wildman–Crippen MR) is 64.6 cm³/mol. The molecular formula is C10H17N3O2S. The number of hydrogen-bond donors (Lipinski definition) is 2. The summed E-state index contributed by atoms with van der Waals surface area (Å²) in [5, 5.41) is 5.21. The maximum absolute atomic E-state index is 11.5. The highest BCUT2D eigenvalue weighted by Gasteiger charge is 2.14. The van der Waals surface area contributed by atoms with Crippen molar-refractivity contribution >= 4 is 22.4 Å². The summed E-state index contributed by atoms with van der Waals surface area (Å²) in [5.74, 6) is -0.265. The van der Waals surface area contributed by atoms with E-state index in [0.29, 0.717) is 5.13 Å². The van der Waals surface area contributed by atoms with Crippen molar-refractivity contribution in [1.29, 1.82) is 0 Å². The Morgan fingerprint density at radius 1 is 1.75 bits per heavy atom. The molecule has 1 aromatic rings. The van der Waals surface area contributed by atoms with Crippen molar-refractivity contribution in [2.45, 2.75) is 25.8 Å².